The molecule has 0 fully saturated rings. The Morgan fingerprint density at radius 1 is 1.42 bits per heavy atom. The smallest absolute Gasteiger partial charge is 0.412 e. The van der Waals surface area contributed by atoms with Crippen molar-refractivity contribution in [1.82, 2.24) is 9.78 Å². The van der Waals surface area contributed by atoms with E-state index in [1.165, 1.54) is 0 Å². The number of ether oxygens (including phenoxy) is 1. The third-order valence-electron chi connectivity index (χ3n) is 3.44. The summed E-state index contributed by atoms with van der Waals surface area (Å²) in [5.74, 6) is 0. The Hall–Kier alpha value is -2.08. The highest BCUT2D eigenvalue weighted by Gasteiger charge is 2.07. The van der Waals surface area contributed by atoms with Crippen LogP contribution < -0.4 is 5.32 Å². The summed E-state index contributed by atoms with van der Waals surface area (Å²) in [5, 5.41) is 7.32. The van der Waals surface area contributed by atoms with Gasteiger partial charge in [-0.05, 0) is 32.3 Å². The van der Waals surface area contributed by atoms with Crippen molar-refractivity contribution < 1.29 is 13.9 Å². The Labute approximate surface area is 145 Å². The zero-order chi connectivity index (χ0) is 17.4. The SMILES string of the molecule is C[C@@H](F)CCCCn1cc(NC(=O)OCc2ccccc2Cl)cn1. The summed E-state index contributed by atoms with van der Waals surface area (Å²) < 4.78 is 19.6. The molecule has 24 heavy (non-hydrogen) atoms. The summed E-state index contributed by atoms with van der Waals surface area (Å²) in [6, 6.07) is 7.18. The summed E-state index contributed by atoms with van der Waals surface area (Å²) in [5.41, 5.74) is 1.30. The van der Waals surface area contributed by atoms with Gasteiger partial charge in [0.15, 0.2) is 0 Å². The molecule has 7 heteroatoms. The first-order chi connectivity index (χ1) is 11.5. The number of aryl methyl sites for hydroxylation is 1. The Balaban J connectivity index is 1.73. The van der Waals surface area contributed by atoms with Crippen molar-refractivity contribution in [3.8, 4) is 0 Å². The summed E-state index contributed by atoms with van der Waals surface area (Å²) in [7, 11) is 0. The van der Waals surface area contributed by atoms with Crippen LogP contribution in [0.4, 0.5) is 14.9 Å². The fourth-order valence-corrected chi connectivity index (χ4v) is 2.35. The molecule has 0 spiro atoms. The largest absolute Gasteiger partial charge is 0.444 e. The Morgan fingerprint density at radius 2 is 2.21 bits per heavy atom. The minimum atomic E-state index is -0.771. The van der Waals surface area contributed by atoms with Crippen LogP contribution in [0.5, 0.6) is 0 Å². The number of rotatable bonds is 8. The number of aromatic nitrogens is 2. The fourth-order valence-electron chi connectivity index (χ4n) is 2.16. The predicted molar refractivity (Wildman–Crippen MR) is 91.9 cm³/mol. The summed E-state index contributed by atoms with van der Waals surface area (Å²) >= 11 is 6.00. The second kappa shape index (κ2) is 9.27. The Kier molecular flexibility index (Phi) is 7.06. The number of halogens is 2. The number of anilines is 1. The highest BCUT2D eigenvalue weighted by molar-refractivity contribution is 6.31. The molecule has 0 saturated carbocycles. The molecule has 1 amide bonds. The maximum absolute atomic E-state index is 12.7. The second-order valence-corrected chi connectivity index (χ2v) is 5.97. The molecule has 0 bridgehead atoms. The van der Waals surface area contributed by atoms with Gasteiger partial charge in [-0.2, -0.15) is 5.10 Å². The molecule has 1 aromatic heterocycles. The van der Waals surface area contributed by atoms with E-state index in [1.54, 1.807) is 36.1 Å². The topological polar surface area (TPSA) is 56.2 Å². The van der Waals surface area contributed by atoms with Gasteiger partial charge in [-0.3, -0.25) is 10.00 Å². The van der Waals surface area contributed by atoms with Crippen LogP contribution in [-0.2, 0) is 17.9 Å². The lowest BCUT2D eigenvalue weighted by atomic mass is 10.2. The van der Waals surface area contributed by atoms with Crippen LogP contribution in [0, 0.1) is 0 Å². The molecule has 1 heterocycles. The molecule has 5 nitrogen and oxygen atoms in total. The lowest BCUT2D eigenvalue weighted by Crippen LogP contribution is -2.13. The molecular formula is C17H21ClFN3O2. The van der Waals surface area contributed by atoms with Crippen LogP contribution in [-0.4, -0.2) is 22.0 Å². The number of nitrogens with one attached hydrogen (secondary N) is 1. The molecular weight excluding hydrogens is 333 g/mol. The molecule has 0 saturated heterocycles. The minimum absolute atomic E-state index is 0.0983. The van der Waals surface area contributed by atoms with E-state index in [1.807, 2.05) is 12.1 Å². The van der Waals surface area contributed by atoms with E-state index in [0.717, 1.165) is 18.4 Å². The van der Waals surface area contributed by atoms with E-state index in [9.17, 15) is 9.18 Å². The lowest BCUT2D eigenvalue weighted by molar-refractivity contribution is 0.155. The molecule has 0 unspecified atom stereocenters. The Bertz CT molecular complexity index is 661. The fraction of sp³-hybridized carbons (Fsp3) is 0.412. The first-order valence-electron chi connectivity index (χ1n) is 7.88. The van der Waals surface area contributed by atoms with E-state index >= 15 is 0 Å². The zero-order valence-corrected chi connectivity index (χ0v) is 14.3. The molecule has 0 aliphatic heterocycles. The molecule has 2 rings (SSSR count). The van der Waals surface area contributed by atoms with Gasteiger partial charge in [-0.25, -0.2) is 9.18 Å². The van der Waals surface area contributed by atoms with E-state index in [0.29, 0.717) is 23.7 Å². The number of unbranched alkanes of at least 4 members (excludes halogenated alkanes) is 1. The van der Waals surface area contributed by atoms with Crippen LogP contribution in [0.15, 0.2) is 36.7 Å². The van der Waals surface area contributed by atoms with Gasteiger partial charge in [-0.15, -0.1) is 0 Å². The molecule has 130 valence electrons. The van der Waals surface area contributed by atoms with Gasteiger partial charge >= 0.3 is 6.09 Å². The molecule has 0 aliphatic rings. The van der Waals surface area contributed by atoms with Crippen LogP contribution in [0.3, 0.4) is 0 Å². The maximum Gasteiger partial charge on any atom is 0.412 e. The number of carbonyl (C=O) groups excluding carboxylic acids is 1. The average molecular weight is 354 g/mol. The third-order valence-corrected chi connectivity index (χ3v) is 3.80. The standard InChI is InChI=1S/C17H21ClFN3O2/c1-13(19)6-4-5-9-22-11-15(10-20-22)21-17(23)24-12-14-7-2-3-8-16(14)18/h2-3,7-8,10-11,13H,4-6,9,12H2,1H3,(H,21,23)/t13-/m1/s1. The average Bonchev–Trinajstić information content (AvgIpc) is 2.98. The maximum atomic E-state index is 12.7. The van der Waals surface area contributed by atoms with Gasteiger partial charge in [0.05, 0.1) is 18.1 Å². The number of carbonyl (C=O) groups is 1. The number of nitrogens with zero attached hydrogens (tertiary/aromatic N) is 2. The van der Waals surface area contributed by atoms with Gasteiger partial charge in [0, 0.05) is 23.3 Å². The van der Waals surface area contributed by atoms with Gasteiger partial charge in [-0.1, -0.05) is 29.8 Å². The van der Waals surface area contributed by atoms with Gasteiger partial charge in [0.25, 0.3) is 0 Å². The van der Waals surface area contributed by atoms with Gasteiger partial charge in [0.2, 0.25) is 0 Å². The van der Waals surface area contributed by atoms with Crippen LogP contribution in [0.1, 0.15) is 31.7 Å². The number of hydrogen-bond acceptors (Lipinski definition) is 3. The number of amides is 1. The normalized spacial score (nSPS) is 12.0. The highest BCUT2D eigenvalue weighted by Crippen LogP contribution is 2.16. The van der Waals surface area contributed by atoms with E-state index in [-0.39, 0.29) is 6.61 Å². The van der Waals surface area contributed by atoms with Crippen LogP contribution in [0.25, 0.3) is 0 Å². The van der Waals surface area contributed by atoms with E-state index in [2.05, 4.69) is 10.4 Å². The van der Waals surface area contributed by atoms with Crippen molar-refractivity contribution in [3.63, 3.8) is 0 Å². The molecule has 1 aromatic carbocycles. The number of benzene rings is 1. The minimum Gasteiger partial charge on any atom is -0.444 e. The van der Waals surface area contributed by atoms with Crippen LogP contribution in [0.2, 0.25) is 5.02 Å². The molecule has 1 atom stereocenters. The second-order valence-electron chi connectivity index (χ2n) is 5.56. The molecule has 0 radical (unpaired) electrons. The van der Waals surface area contributed by atoms with Gasteiger partial charge in [0.1, 0.15) is 6.61 Å². The Morgan fingerprint density at radius 3 is 2.96 bits per heavy atom. The third kappa shape index (κ3) is 6.20. The first-order valence-corrected chi connectivity index (χ1v) is 8.26. The highest BCUT2D eigenvalue weighted by atomic mass is 35.5. The molecule has 2 aromatic rings. The first kappa shape index (κ1) is 18.3. The summed E-state index contributed by atoms with van der Waals surface area (Å²) in [6.45, 7) is 2.34. The van der Waals surface area contributed by atoms with Gasteiger partial charge < -0.3 is 4.74 Å². The quantitative estimate of drug-likeness (QED) is 0.692. The van der Waals surface area contributed by atoms with E-state index < -0.39 is 12.3 Å². The van der Waals surface area contributed by atoms with Crippen molar-refractivity contribution in [2.24, 2.45) is 0 Å². The monoisotopic (exact) mass is 353 g/mol. The van der Waals surface area contributed by atoms with Crippen molar-refractivity contribution >= 4 is 23.4 Å². The van der Waals surface area contributed by atoms with E-state index in [4.69, 9.17) is 16.3 Å². The molecule has 0 aliphatic carbocycles. The van der Waals surface area contributed by atoms with Crippen LogP contribution >= 0.6 is 11.6 Å². The summed E-state index contributed by atoms with van der Waals surface area (Å²) in [4.78, 5) is 11.8. The molecule has 1 N–H and O–H groups in total. The van der Waals surface area contributed by atoms with Crippen molar-refractivity contribution in [2.45, 2.75) is 45.5 Å². The summed E-state index contributed by atoms with van der Waals surface area (Å²) in [6.07, 6.45) is 4.13. The number of alkyl halides is 1. The van der Waals surface area contributed by atoms with Crippen molar-refractivity contribution in [1.29, 1.82) is 0 Å². The predicted octanol–water partition coefficient (Wildman–Crippen LogP) is 4.81. The van der Waals surface area contributed by atoms with Crippen molar-refractivity contribution in [2.75, 3.05) is 5.32 Å². The zero-order valence-electron chi connectivity index (χ0n) is 13.5. The van der Waals surface area contributed by atoms with Crippen molar-refractivity contribution in [3.05, 3.63) is 47.2 Å². The number of hydrogen-bond donors (Lipinski definition) is 1. The lowest BCUT2D eigenvalue weighted by Gasteiger charge is -2.06.